The molecule has 0 radical (unpaired) electrons. The fraction of sp³-hybridized carbons (Fsp3) is 0.286. The van der Waals surface area contributed by atoms with Gasteiger partial charge >= 0.3 is 6.09 Å². The van der Waals surface area contributed by atoms with Crippen LogP contribution in [0.4, 0.5) is 10.5 Å². The molecule has 7 nitrogen and oxygen atoms in total. The van der Waals surface area contributed by atoms with E-state index >= 15 is 0 Å². The monoisotopic (exact) mass is 383 g/mol. The molecule has 2 aromatic rings. The Labute approximate surface area is 164 Å². The molecule has 0 fully saturated rings. The molecule has 0 aromatic heterocycles. The van der Waals surface area contributed by atoms with Crippen molar-refractivity contribution in [3.05, 3.63) is 65.2 Å². The van der Waals surface area contributed by atoms with Gasteiger partial charge in [0.15, 0.2) is 0 Å². The van der Waals surface area contributed by atoms with E-state index < -0.39 is 11.7 Å². The van der Waals surface area contributed by atoms with Crippen molar-refractivity contribution in [2.24, 2.45) is 0 Å². The Hall–Kier alpha value is -3.35. The van der Waals surface area contributed by atoms with E-state index in [0.717, 1.165) is 5.56 Å². The quantitative estimate of drug-likeness (QED) is 0.738. The van der Waals surface area contributed by atoms with E-state index in [0.29, 0.717) is 23.4 Å². The number of anilines is 1. The average molecular weight is 383 g/mol. The molecule has 0 saturated heterocycles. The summed E-state index contributed by atoms with van der Waals surface area (Å²) in [6.45, 7) is 5.70. The number of rotatable bonds is 5. The molecule has 0 aliphatic rings. The number of ether oxygens (including phenoxy) is 1. The highest BCUT2D eigenvalue weighted by Gasteiger charge is 2.15. The van der Waals surface area contributed by atoms with Crippen LogP contribution in [0, 0.1) is 0 Å². The van der Waals surface area contributed by atoms with Gasteiger partial charge in [0.1, 0.15) is 5.60 Å². The zero-order valence-electron chi connectivity index (χ0n) is 16.5. The van der Waals surface area contributed by atoms with Crippen molar-refractivity contribution in [2.45, 2.75) is 32.9 Å². The summed E-state index contributed by atoms with van der Waals surface area (Å²) in [7, 11) is 1.56. The first-order valence-electron chi connectivity index (χ1n) is 8.87. The number of benzene rings is 2. The standard InChI is InChI=1S/C21H25N3O4/c1-21(2,3)28-20(27)23-13-14-5-7-16(8-6-14)19(26)24-17-11-9-15(10-12-17)18(25)22-4/h5-12H,13H2,1-4H3,(H,22,25)(H,23,27)(H,24,26). The fourth-order valence-electron chi connectivity index (χ4n) is 2.31. The van der Waals surface area contributed by atoms with Gasteiger partial charge in [0.05, 0.1) is 0 Å². The number of hydrogen-bond acceptors (Lipinski definition) is 4. The summed E-state index contributed by atoms with van der Waals surface area (Å²) in [4.78, 5) is 35.5. The van der Waals surface area contributed by atoms with Gasteiger partial charge < -0.3 is 20.7 Å². The predicted octanol–water partition coefficient (Wildman–Crippen LogP) is 3.32. The highest BCUT2D eigenvalue weighted by Crippen LogP contribution is 2.13. The van der Waals surface area contributed by atoms with Gasteiger partial charge in [-0.2, -0.15) is 0 Å². The molecule has 0 aliphatic carbocycles. The first kappa shape index (κ1) is 21.0. The Morgan fingerprint density at radius 1 is 0.857 bits per heavy atom. The normalized spacial score (nSPS) is 10.7. The zero-order chi connectivity index (χ0) is 20.7. The third-order valence-electron chi connectivity index (χ3n) is 3.68. The van der Waals surface area contributed by atoms with Gasteiger partial charge in [-0.1, -0.05) is 12.1 Å². The van der Waals surface area contributed by atoms with Crippen LogP contribution in [-0.2, 0) is 11.3 Å². The van der Waals surface area contributed by atoms with Gasteiger partial charge in [-0.3, -0.25) is 9.59 Å². The Morgan fingerprint density at radius 2 is 1.39 bits per heavy atom. The summed E-state index contributed by atoms with van der Waals surface area (Å²) in [5.74, 6) is -0.451. The molecule has 0 atom stereocenters. The molecule has 0 spiro atoms. The lowest BCUT2D eigenvalue weighted by atomic mass is 10.1. The molecule has 2 aromatic carbocycles. The van der Waals surface area contributed by atoms with Gasteiger partial charge in [0, 0.05) is 30.4 Å². The molecule has 2 rings (SSSR count). The third-order valence-corrected chi connectivity index (χ3v) is 3.68. The van der Waals surface area contributed by atoms with Crippen molar-refractivity contribution in [1.82, 2.24) is 10.6 Å². The van der Waals surface area contributed by atoms with Crippen molar-refractivity contribution in [3.63, 3.8) is 0 Å². The van der Waals surface area contributed by atoms with Crippen LogP contribution in [0.5, 0.6) is 0 Å². The van der Waals surface area contributed by atoms with Gasteiger partial charge in [-0.15, -0.1) is 0 Å². The molecule has 28 heavy (non-hydrogen) atoms. The van der Waals surface area contributed by atoms with Crippen molar-refractivity contribution < 1.29 is 19.1 Å². The van der Waals surface area contributed by atoms with Crippen molar-refractivity contribution in [1.29, 1.82) is 0 Å². The zero-order valence-corrected chi connectivity index (χ0v) is 16.5. The Balaban J connectivity index is 1.91. The summed E-state index contributed by atoms with van der Waals surface area (Å²) < 4.78 is 5.18. The van der Waals surface area contributed by atoms with Crippen LogP contribution < -0.4 is 16.0 Å². The smallest absolute Gasteiger partial charge is 0.407 e. The third kappa shape index (κ3) is 6.42. The molecule has 3 N–H and O–H groups in total. The molecule has 148 valence electrons. The number of alkyl carbamates (subject to hydrolysis) is 1. The van der Waals surface area contributed by atoms with Crippen LogP contribution >= 0.6 is 0 Å². The highest BCUT2D eigenvalue weighted by atomic mass is 16.6. The van der Waals surface area contributed by atoms with E-state index in [1.165, 1.54) is 0 Å². The minimum absolute atomic E-state index is 0.187. The van der Waals surface area contributed by atoms with Crippen LogP contribution in [0.3, 0.4) is 0 Å². The number of carbonyl (C=O) groups is 3. The highest BCUT2D eigenvalue weighted by molar-refractivity contribution is 6.04. The summed E-state index contributed by atoms with van der Waals surface area (Å²) in [6, 6.07) is 13.5. The van der Waals surface area contributed by atoms with E-state index in [2.05, 4.69) is 16.0 Å². The predicted molar refractivity (Wildman–Crippen MR) is 107 cm³/mol. The number of carbonyl (C=O) groups excluding carboxylic acids is 3. The summed E-state index contributed by atoms with van der Waals surface area (Å²) >= 11 is 0. The first-order chi connectivity index (χ1) is 13.2. The van der Waals surface area contributed by atoms with Crippen molar-refractivity contribution in [2.75, 3.05) is 12.4 Å². The first-order valence-corrected chi connectivity index (χ1v) is 8.87. The Kier molecular flexibility index (Phi) is 6.76. The van der Waals surface area contributed by atoms with Crippen molar-refractivity contribution >= 4 is 23.6 Å². The topological polar surface area (TPSA) is 96.5 Å². The largest absolute Gasteiger partial charge is 0.444 e. The molecule has 0 heterocycles. The van der Waals surface area contributed by atoms with Crippen LogP contribution in [0.25, 0.3) is 0 Å². The molecular formula is C21H25N3O4. The minimum Gasteiger partial charge on any atom is -0.444 e. The van der Waals surface area contributed by atoms with E-state index in [1.807, 2.05) is 0 Å². The van der Waals surface area contributed by atoms with Crippen LogP contribution in [0.15, 0.2) is 48.5 Å². The maximum Gasteiger partial charge on any atom is 0.407 e. The molecule has 0 aliphatic heterocycles. The minimum atomic E-state index is -0.551. The summed E-state index contributed by atoms with van der Waals surface area (Å²) in [5.41, 5.74) is 1.88. The molecule has 0 saturated carbocycles. The maximum absolute atomic E-state index is 12.3. The fourth-order valence-corrected chi connectivity index (χ4v) is 2.31. The molecule has 0 bridgehead atoms. The number of nitrogens with one attached hydrogen (secondary N) is 3. The Bertz CT molecular complexity index is 837. The van der Waals surface area contributed by atoms with E-state index in [-0.39, 0.29) is 11.8 Å². The second-order valence-electron chi connectivity index (χ2n) is 7.16. The number of hydrogen-bond donors (Lipinski definition) is 3. The van der Waals surface area contributed by atoms with Crippen LogP contribution in [-0.4, -0.2) is 30.6 Å². The molecule has 7 heteroatoms. The molecular weight excluding hydrogens is 358 g/mol. The van der Waals surface area contributed by atoms with E-state index in [9.17, 15) is 14.4 Å². The van der Waals surface area contributed by atoms with Gasteiger partial charge in [0.2, 0.25) is 0 Å². The molecule has 0 unspecified atom stereocenters. The van der Waals surface area contributed by atoms with Crippen LogP contribution in [0.1, 0.15) is 47.1 Å². The lowest BCUT2D eigenvalue weighted by Gasteiger charge is -2.19. The molecule has 3 amide bonds. The lowest BCUT2D eigenvalue weighted by Crippen LogP contribution is -2.32. The van der Waals surface area contributed by atoms with Gasteiger partial charge in [-0.25, -0.2) is 4.79 Å². The lowest BCUT2D eigenvalue weighted by molar-refractivity contribution is 0.0523. The van der Waals surface area contributed by atoms with Gasteiger partial charge in [0.25, 0.3) is 11.8 Å². The number of amides is 3. The average Bonchev–Trinajstić information content (AvgIpc) is 2.65. The Morgan fingerprint density at radius 3 is 1.93 bits per heavy atom. The second-order valence-corrected chi connectivity index (χ2v) is 7.16. The van der Waals surface area contributed by atoms with Crippen molar-refractivity contribution in [3.8, 4) is 0 Å². The second kappa shape index (κ2) is 9.03. The summed E-state index contributed by atoms with van der Waals surface area (Å²) in [5, 5.41) is 7.99. The summed E-state index contributed by atoms with van der Waals surface area (Å²) in [6.07, 6.45) is -0.491. The SMILES string of the molecule is CNC(=O)c1ccc(NC(=O)c2ccc(CNC(=O)OC(C)(C)C)cc2)cc1. The van der Waals surface area contributed by atoms with E-state index in [1.54, 1.807) is 76.3 Å². The van der Waals surface area contributed by atoms with Crippen LogP contribution in [0.2, 0.25) is 0 Å². The maximum atomic E-state index is 12.3. The van der Waals surface area contributed by atoms with E-state index in [4.69, 9.17) is 4.74 Å². The van der Waals surface area contributed by atoms with Gasteiger partial charge in [-0.05, 0) is 62.7 Å².